The molecule has 11 rings (SSSR count). The summed E-state index contributed by atoms with van der Waals surface area (Å²) in [5.41, 5.74) is 13.4. The summed E-state index contributed by atoms with van der Waals surface area (Å²) in [6.07, 6.45) is 0. The maximum absolute atomic E-state index is 6.84. The van der Waals surface area contributed by atoms with Gasteiger partial charge in [0, 0.05) is 32.6 Å². The third-order valence-corrected chi connectivity index (χ3v) is 10.5. The zero-order valence-corrected chi connectivity index (χ0v) is 27.6. The standard InChI is InChI=1S/C48H30N2O/c1-3-12-31(13-4-1)33-22-25-35(26-23-33)49-43-28-27-38-40-30-34(32-14-5-2-6-15-32)24-29-45(40)51-48(38)46(43)39-18-11-21-44(47(39)49)50-41-19-9-7-16-36(41)37-17-8-10-20-42(37)50/h1-30H. The van der Waals surface area contributed by atoms with Crippen LogP contribution < -0.4 is 0 Å². The fourth-order valence-corrected chi connectivity index (χ4v) is 8.24. The van der Waals surface area contributed by atoms with Crippen LogP contribution in [0.1, 0.15) is 0 Å². The van der Waals surface area contributed by atoms with E-state index in [1.54, 1.807) is 0 Å². The van der Waals surface area contributed by atoms with E-state index in [2.05, 4.69) is 191 Å². The molecule has 0 radical (unpaired) electrons. The largest absolute Gasteiger partial charge is 0.455 e. The number of hydrogen-bond donors (Lipinski definition) is 0. The van der Waals surface area contributed by atoms with Crippen molar-refractivity contribution in [1.82, 2.24) is 9.13 Å². The van der Waals surface area contributed by atoms with Gasteiger partial charge in [-0.3, -0.25) is 0 Å². The maximum atomic E-state index is 6.84. The Balaban J connectivity index is 1.25. The van der Waals surface area contributed by atoms with E-state index in [9.17, 15) is 0 Å². The molecule has 0 bridgehead atoms. The highest BCUT2D eigenvalue weighted by Crippen LogP contribution is 2.44. The Labute approximate surface area is 293 Å². The van der Waals surface area contributed by atoms with E-state index in [1.807, 2.05) is 0 Å². The lowest BCUT2D eigenvalue weighted by Crippen LogP contribution is -2.00. The Kier molecular flexibility index (Phi) is 5.96. The molecule has 0 aliphatic rings. The van der Waals surface area contributed by atoms with Crippen molar-refractivity contribution >= 4 is 65.6 Å². The summed E-state index contributed by atoms with van der Waals surface area (Å²) < 4.78 is 11.7. The number of benzene rings is 8. The van der Waals surface area contributed by atoms with Crippen LogP contribution >= 0.6 is 0 Å². The van der Waals surface area contributed by atoms with Crippen LogP contribution in [-0.4, -0.2) is 9.13 Å². The highest BCUT2D eigenvalue weighted by atomic mass is 16.3. The van der Waals surface area contributed by atoms with Gasteiger partial charge in [0.15, 0.2) is 0 Å². The summed E-state index contributed by atoms with van der Waals surface area (Å²) in [5, 5.41) is 7.01. The summed E-state index contributed by atoms with van der Waals surface area (Å²) >= 11 is 0. The Hall–Kier alpha value is -6.84. The van der Waals surface area contributed by atoms with Gasteiger partial charge in [-0.15, -0.1) is 0 Å². The first-order chi connectivity index (χ1) is 25.3. The van der Waals surface area contributed by atoms with Crippen molar-refractivity contribution in [3.8, 4) is 33.6 Å². The molecule has 0 atom stereocenters. The molecular weight excluding hydrogens is 621 g/mol. The average Bonchev–Trinajstić information content (AvgIpc) is 3.86. The minimum Gasteiger partial charge on any atom is -0.455 e. The van der Waals surface area contributed by atoms with Crippen LogP contribution in [0.2, 0.25) is 0 Å². The summed E-state index contributed by atoms with van der Waals surface area (Å²) in [6.45, 7) is 0. The summed E-state index contributed by atoms with van der Waals surface area (Å²) in [5.74, 6) is 0. The van der Waals surface area contributed by atoms with Crippen LogP contribution in [0.5, 0.6) is 0 Å². The molecule has 0 amide bonds. The van der Waals surface area contributed by atoms with Crippen molar-refractivity contribution in [3.63, 3.8) is 0 Å². The van der Waals surface area contributed by atoms with Crippen molar-refractivity contribution in [2.75, 3.05) is 0 Å². The zero-order valence-electron chi connectivity index (χ0n) is 27.6. The molecule has 0 saturated heterocycles. The van der Waals surface area contributed by atoms with E-state index in [4.69, 9.17) is 4.42 Å². The normalized spacial score (nSPS) is 11.9. The number of aromatic nitrogens is 2. The number of nitrogens with zero attached hydrogens (tertiary/aromatic N) is 2. The maximum Gasteiger partial charge on any atom is 0.145 e. The van der Waals surface area contributed by atoms with E-state index in [-0.39, 0.29) is 0 Å². The zero-order chi connectivity index (χ0) is 33.5. The van der Waals surface area contributed by atoms with Gasteiger partial charge in [0.1, 0.15) is 11.2 Å². The number of para-hydroxylation sites is 3. The fourth-order valence-electron chi connectivity index (χ4n) is 8.24. The number of hydrogen-bond acceptors (Lipinski definition) is 1. The van der Waals surface area contributed by atoms with Gasteiger partial charge in [0.2, 0.25) is 0 Å². The lowest BCUT2D eigenvalue weighted by molar-refractivity contribution is 0.673. The minimum absolute atomic E-state index is 0.892. The number of furan rings is 1. The lowest BCUT2D eigenvalue weighted by atomic mass is 10.0. The van der Waals surface area contributed by atoms with Gasteiger partial charge in [0.05, 0.1) is 33.1 Å². The second kappa shape index (κ2) is 10.8. The van der Waals surface area contributed by atoms with Gasteiger partial charge in [-0.2, -0.15) is 0 Å². The Morgan fingerprint density at radius 2 is 0.941 bits per heavy atom. The van der Waals surface area contributed by atoms with Gasteiger partial charge in [-0.25, -0.2) is 0 Å². The van der Waals surface area contributed by atoms with Gasteiger partial charge in [0.25, 0.3) is 0 Å². The third kappa shape index (κ3) is 4.12. The highest BCUT2D eigenvalue weighted by molar-refractivity contribution is 6.25. The first-order valence-electron chi connectivity index (χ1n) is 17.4. The predicted octanol–water partition coefficient (Wildman–Crippen LogP) is 13.1. The van der Waals surface area contributed by atoms with Crippen LogP contribution in [0, 0.1) is 0 Å². The first-order valence-corrected chi connectivity index (χ1v) is 17.4. The average molecular weight is 651 g/mol. The molecular formula is C48H30N2O. The van der Waals surface area contributed by atoms with Crippen molar-refractivity contribution in [1.29, 1.82) is 0 Å². The molecule has 0 fully saturated rings. The first kappa shape index (κ1) is 28.0. The SMILES string of the molecule is c1ccc(-c2ccc(-n3c4ccc5c6cc(-c7ccccc7)ccc6oc5c4c4cccc(-n5c6ccccc6c6ccccc65)c43)cc2)cc1. The van der Waals surface area contributed by atoms with Crippen LogP contribution in [0.25, 0.3) is 99.2 Å². The Bertz CT molecular complexity index is 3050. The Morgan fingerprint density at radius 1 is 0.353 bits per heavy atom. The highest BCUT2D eigenvalue weighted by Gasteiger charge is 2.23. The molecule has 8 aromatic carbocycles. The van der Waals surface area contributed by atoms with Gasteiger partial charge < -0.3 is 13.6 Å². The number of rotatable bonds is 4. The molecule has 0 spiro atoms. The van der Waals surface area contributed by atoms with Crippen LogP contribution in [0.4, 0.5) is 0 Å². The molecule has 0 unspecified atom stereocenters. The molecule has 0 aliphatic carbocycles. The molecule has 0 N–H and O–H groups in total. The number of fused-ring (bicyclic) bond motifs is 10. The fraction of sp³-hybridized carbons (Fsp3) is 0. The van der Waals surface area contributed by atoms with E-state index in [0.29, 0.717) is 0 Å². The van der Waals surface area contributed by atoms with Gasteiger partial charge >= 0.3 is 0 Å². The van der Waals surface area contributed by atoms with Crippen molar-refractivity contribution in [2.45, 2.75) is 0 Å². The predicted molar refractivity (Wildman–Crippen MR) is 213 cm³/mol. The molecule has 51 heavy (non-hydrogen) atoms. The van der Waals surface area contributed by atoms with Crippen molar-refractivity contribution < 1.29 is 4.42 Å². The van der Waals surface area contributed by atoms with Crippen molar-refractivity contribution in [2.24, 2.45) is 0 Å². The smallest absolute Gasteiger partial charge is 0.145 e. The minimum atomic E-state index is 0.892. The lowest BCUT2D eigenvalue weighted by Gasteiger charge is -2.14. The monoisotopic (exact) mass is 650 g/mol. The molecule has 3 heterocycles. The van der Waals surface area contributed by atoms with Crippen LogP contribution in [-0.2, 0) is 0 Å². The molecule has 0 saturated carbocycles. The molecule has 11 aromatic rings. The summed E-state index contributed by atoms with van der Waals surface area (Å²) in [7, 11) is 0. The van der Waals surface area contributed by atoms with E-state index in [0.717, 1.165) is 55.1 Å². The molecule has 0 aliphatic heterocycles. The second-order valence-electron chi connectivity index (χ2n) is 13.3. The van der Waals surface area contributed by atoms with Gasteiger partial charge in [-0.05, 0) is 76.9 Å². The third-order valence-electron chi connectivity index (χ3n) is 10.5. The molecule has 238 valence electrons. The van der Waals surface area contributed by atoms with Crippen LogP contribution in [0.15, 0.2) is 186 Å². The van der Waals surface area contributed by atoms with E-state index in [1.165, 1.54) is 44.1 Å². The van der Waals surface area contributed by atoms with Crippen LogP contribution in [0.3, 0.4) is 0 Å². The second-order valence-corrected chi connectivity index (χ2v) is 13.3. The summed E-state index contributed by atoms with van der Waals surface area (Å²) in [6, 6.07) is 65.3. The molecule has 3 aromatic heterocycles. The Morgan fingerprint density at radius 3 is 1.65 bits per heavy atom. The topological polar surface area (TPSA) is 23.0 Å². The van der Waals surface area contributed by atoms with Gasteiger partial charge in [-0.1, -0.05) is 127 Å². The van der Waals surface area contributed by atoms with E-state index < -0.39 is 0 Å². The molecule has 3 heteroatoms. The van der Waals surface area contributed by atoms with E-state index >= 15 is 0 Å². The summed E-state index contributed by atoms with van der Waals surface area (Å²) in [4.78, 5) is 0. The van der Waals surface area contributed by atoms with Crippen molar-refractivity contribution in [3.05, 3.63) is 182 Å². The molecule has 3 nitrogen and oxygen atoms in total. The quantitative estimate of drug-likeness (QED) is 0.186.